The van der Waals surface area contributed by atoms with Gasteiger partial charge in [-0.3, -0.25) is 0 Å². The molecule has 146 valence electrons. The summed E-state index contributed by atoms with van der Waals surface area (Å²) in [6, 6.07) is 13.8. The Hall–Kier alpha value is -2.29. The Bertz CT molecular complexity index is 866. The molecule has 1 aliphatic rings. The van der Waals surface area contributed by atoms with E-state index in [2.05, 4.69) is 18.7 Å². The molecule has 0 spiro atoms. The highest BCUT2D eigenvalue weighted by Gasteiger charge is 2.51. The zero-order valence-electron chi connectivity index (χ0n) is 17.6. The molecule has 28 heavy (non-hydrogen) atoms. The smallest absolute Gasteiger partial charge is 0.489 e. The van der Waals surface area contributed by atoms with Crippen LogP contribution >= 0.6 is 0 Å². The van der Waals surface area contributed by atoms with Gasteiger partial charge in [0.25, 0.3) is 0 Å². The Labute approximate surface area is 168 Å². The van der Waals surface area contributed by atoms with Crippen LogP contribution in [0.15, 0.2) is 42.5 Å². The topological polar surface area (TPSA) is 32.0 Å². The van der Waals surface area contributed by atoms with Gasteiger partial charge in [-0.15, -0.1) is 0 Å². The first kappa shape index (κ1) is 20.4. The first-order chi connectivity index (χ1) is 13.1. The van der Waals surface area contributed by atoms with Crippen LogP contribution in [0.4, 0.5) is 5.69 Å². The summed E-state index contributed by atoms with van der Waals surface area (Å²) in [5.41, 5.74) is 3.04. The fraction of sp³-hybridized carbons (Fsp3) is 0.435. The summed E-state index contributed by atoms with van der Waals surface area (Å²) in [5.74, 6) is 1.11. The second-order valence-electron chi connectivity index (χ2n) is 8.61. The van der Waals surface area contributed by atoms with Crippen molar-refractivity contribution in [3.05, 3.63) is 65.0 Å². The number of nitrogens with zero attached hydrogens (tertiary/aromatic N) is 1. The van der Waals surface area contributed by atoms with E-state index in [0.29, 0.717) is 18.2 Å². The molecule has 0 radical (unpaired) electrons. The number of ether oxygens (including phenoxy) is 1. The summed E-state index contributed by atoms with van der Waals surface area (Å²) in [5, 5.41) is 0. The molecule has 0 amide bonds. The summed E-state index contributed by atoms with van der Waals surface area (Å²) in [7, 11) is -0.371. The SMILES string of the molecule is [C-]#[N+]c1cc(COc2ccc(B3OC(C)(C)C(C)(C)O3)cc2)ccc1C(C)C. The van der Waals surface area contributed by atoms with E-state index in [0.717, 1.165) is 22.3 Å². The molecule has 5 heteroatoms. The van der Waals surface area contributed by atoms with Gasteiger partial charge < -0.3 is 14.0 Å². The molecule has 3 rings (SSSR count). The lowest BCUT2D eigenvalue weighted by molar-refractivity contribution is 0.00578. The van der Waals surface area contributed by atoms with Crippen molar-refractivity contribution in [1.82, 2.24) is 0 Å². The van der Waals surface area contributed by atoms with Crippen molar-refractivity contribution in [2.75, 3.05) is 0 Å². The van der Waals surface area contributed by atoms with Gasteiger partial charge in [0.1, 0.15) is 12.4 Å². The Balaban J connectivity index is 1.65. The average molecular weight is 377 g/mol. The standard InChI is InChI=1S/C23H28BNO3/c1-16(2)20-13-8-17(14-21(20)25-7)15-26-19-11-9-18(10-12-19)24-27-22(3,4)23(5,6)28-24/h8-14,16H,15H2,1-6H3. The molecular weight excluding hydrogens is 349 g/mol. The lowest BCUT2D eigenvalue weighted by Gasteiger charge is -2.32. The average Bonchev–Trinajstić information content (AvgIpc) is 2.87. The van der Waals surface area contributed by atoms with E-state index < -0.39 is 0 Å². The van der Waals surface area contributed by atoms with Crippen molar-refractivity contribution in [1.29, 1.82) is 0 Å². The molecule has 1 aliphatic heterocycles. The molecule has 0 atom stereocenters. The van der Waals surface area contributed by atoms with Crippen LogP contribution in [0, 0.1) is 6.57 Å². The zero-order valence-corrected chi connectivity index (χ0v) is 17.6. The maximum atomic E-state index is 7.39. The molecule has 2 aromatic rings. The van der Waals surface area contributed by atoms with Crippen molar-refractivity contribution in [2.45, 2.75) is 65.3 Å². The van der Waals surface area contributed by atoms with Crippen LogP contribution in [0.3, 0.4) is 0 Å². The van der Waals surface area contributed by atoms with Crippen molar-refractivity contribution >= 4 is 18.3 Å². The van der Waals surface area contributed by atoms with Crippen LogP contribution in [0.2, 0.25) is 0 Å². The molecule has 0 N–H and O–H groups in total. The van der Waals surface area contributed by atoms with Gasteiger partial charge in [-0.25, -0.2) is 4.85 Å². The predicted molar refractivity (Wildman–Crippen MR) is 113 cm³/mol. The Kier molecular flexibility index (Phi) is 5.56. The summed E-state index contributed by atoms with van der Waals surface area (Å²) < 4.78 is 18.1. The van der Waals surface area contributed by atoms with Crippen molar-refractivity contribution in [3.8, 4) is 5.75 Å². The van der Waals surface area contributed by atoms with E-state index in [-0.39, 0.29) is 18.3 Å². The third-order valence-corrected chi connectivity index (χ3v) is 5.65. The Morgan fingerprint density at radius 2 is 1.61 bits per heavy atom. The highest BCUT2D eigenvalue weighted by Crippen LogP contribution is 2.36. The minimum atomic E-state index is -0.371. The molecule has 4 nitrogen and oxygen atoms in total. The number of benzene rings is 2. The molecular formula is C23H28BNO3. The van der Waals surface area contributed by atoms with Gasteiger partial charge in [-0.05, 0) is 68.4 Å². The van der Waals surface area contributed by atoms with E-state index in [1.54, 1.807) is 0 Å². The highest BCUT2D eigenvalue weighted by atomic mass is 16.7. The zero-order chi connectivity index (χ0) is 20.5. The third-order valence-electron chi connectivity index (χ3n) is 5.65. The van der Waals surface area contributed by atoms with Gasteiger partial charge in [-0.1, -0.05) is 38.1 Å². The molecule has 1 heterocycles. The lowest BCUT2D eigenvalue weighted by atomic mass is 9.79. The number of hydrogen-bond acceptors (Lipinski definition) is 3. The minimum absolute atomic E-state index is 0.335. The number of rotatable bonds is 5. The first-order valence-electron chi connectivity index (χ1n) is 9.71. The van der Waals surface area contributed by atoms with Crippen LogP contribution in [0.25, 0.3) is 4.85 Å². The minimum Gasteiger partial charge on any atom is -0.489 e. The maximum Gasteiger partial charge on any atom is 0.494 e. The van der Waals surface area contributed by atoms with E-state index in [9.17, 15) is 0 Å². The van der Waals surface area contributed by atoms with Crippen LogP contribution in [0.1, 0.15) is 58.6 Å². The predicted octanol–water partition coefficient (Wildman–Crippen LogP) is 5.24. The van der Waals surface area contributed by atoms with Gasteiger partial charge >= 0.3 is 7.12 Å². The molecule has 0 unspecified atom stereocenters. The summed E-state index contributed by atoms with van der Waals surface area (Å²) in [6.07, 6.45) is 0. The fourth-order valence-electron chi connectivity index (χ4n) is 3.13. The molecule has 1 saturated heterocycles. The first-order valence-corrected chi connectivity index (χ1v) is 9.71. The summed E-state index contributed by atoms with van der Waals surface area (Å²) >= 11 is 0. The van der Waals surface area contributed by atoms with Crippen LogP contribution < -0.4 is 10.2 Å². The van der Waals surface area contributed by atoms with Gasteiger partial charge in [0.2, 0.25) is 0 Å². The second kappa shape index (κ2) is 7.62. The fourth-order valence-corrected chi connectivity index (χ4v) is 3.13. The Morgan fingerprint density at radius 1 is 1.00 bits per heavy atom. The monoisotopic (exact) mass is 377 g/mol. The molecule has 0 saturated carbocycles. The summed E-state index contributed by atoms with van der Waals surface area (Å²) in [4.78, 5) is 3.65. The van der Waals surface area contributed by atoms with Gasteiger partial charge in [-0.2, -0.15) is 0 Å². The van der Waals surface area contributed by atoms with Crippen LogP contribution in [-0.2, 0) is 15.9 Å². The number of hydrogen-bond donors (Lipinski definition) is 0. The van der Waals surface area contributed by atoms with Crippen LogP contribution in [0.5, 0.6) is 5.75 Å². The third kappa shape index (κ3) is 4.09. The van der Waals surface area contributed by atoms with E-state index in [1.165, 1.54) is 0 Å². The summed E-state index contributed by atoms with van der Waals surface area (Å²) in [6.45, 7) is 20.2. The Morgan fingerprint density at radius 3 is 2.14 bits per heavy atom. The van der Waals surface area contributed by atoms with Gasteiger partial charge in [0.05, 0.1) is 17.8 Å². The molecule has 1 fully saturated rings. The molecule has 2 aromatic carbocycles. The normalized spacial score (nSPS) is 17.6. The largest absolute Gasteiger partial charge is 0.494 e. The van der Waals surface area contributed by atoms with Crippen LogP contribution in [-0.4, -0.2) is 18.3 Å². The van der Waals surface area contributed by atoms with E-state index in [4.69, 9.17) is 20.6 Å². The molecule has 0 aliphatic carbocycles. The quantitative estimate of drug-likeness (QED) is 0.528. The maximum absolute atomic E-state index is 7.39. The van der Waals surface area contributed by atoms with Crippen molar-refractivity contribution < 1.29 is 14.0 Å². The lowest BCUT2D eigenvalue weighted by Crippen LogP contribution is -2.41. The van der Waals surface area contributed by atoms with Gasteiger partial charge in [0.15, 0.2) is 5.69 Å². The van der Waals surface area contributed by atoms with E-state index in [1.807, 2.05) is 70.2 Å². The molecule has 0 bridgehead atoms. The van der Waals surface area contributed by atoms with Gasteiger partial charge in [0, 0.05) is 0 Å². The molecule has 0 aromatic heterocycles. The highest BCUT2D eigenvalue weighted by molar-refractivity contribution is 6.62. The van der Waals surface area contributed by atoms with E-state index >= 15 is 0 Å². The van der Waals surface area contributed by atoms with Crippen molar-refractivity contribution in [3.63, 3.8) is 0 Å². The second-order valence-corrected chi connectivity index (χ2v) is 8.61. The van der Waals surface area contributed by atoms with Crippen molar-refractivity contribution in [2.24, 2.45) is 0 Å².